The first-order valence-corrected chi connectivity index (χ1v) is 5.50. The van der Waals surface area contributed by atoms with Gasteiger partial charge in [0, 0.05) is 0 Å². The summed E-state index contributed by atoms with van der Waals surface area (Å²) in [6.07, 6.45) is 0.0263. The molecule has 2 aromatic carbocycles. The Labute approximate surface area is 105 Å². The summed E-state index contributed by atoms with van der Waals surface area (Å²) in [5.41, 5.74) is 3.31. The molecule has 0 spiro atoms. The van der Waals surface area contributed by atoms with Crippen LogP contribution in [0.25, 0.3) is 11.1 Å². The Morgan fingerprint density at radius 2 is 1.83 bits per heavy atom. The van der Waals surface area contributed by atoms with Gasteiger partial charge in [0.05, 0.1) is 18.1 Å². The number of hydrogen-bond acceptors (Lipinski definition) is 2. The van der Waals surface area contributed by atoms with Gasteiger partial charge in [0.2, 0.25) is 0 Å². The van der Waals surface area contributed by atoms with Crippen LogP contribution in [0.1, 0.15) is 11.1 Å². The van der Waals surface area contributed by atoms with E-state index in [0.29, 0.717) is 5.56 Å². The predicted octanol–water partition coefficient (Wildman–Crippen LogP) is 2.85. The SMILES string of the molecule is N#Cc1cccc(-c2ccc(CC(=O)O)cc2)c1. The van der Waals surface area contributed by atoms with Crippen molar-refractivity contribution in [2.75, 3.05) is 0 Å². The first kappa shape index (κ1) is 11.9. The smallest absolute Gasteiger partial charge is 0.307 e. The van der Waals surface area contributed by atoms with Gasteiger partial charge in [-0.15, -0.1) is 0 Å². The van der Waals surface area contributed by atoms with Crippen LogP contribution in [-0.4, -0.2) is 11.1 Å². The molecule has 0 fully saturated rings. The Morgan fingerprint density at radius 1 is 1.11 bits per heavy atom. The standard InChI is InChI=1S/C15H11NO2/c16-10-12-2-1-3-14(8-12)13-6-4-11(5-7-13)9-15(17)18/h1-8H,9H2,(H,17,18). The highest BCUT2D eigenvalue weighted by molar-refractivity contribution is 5.71. The molecule has 0 aromatic heterocycles. The van der Waals surface area contributed by atoms with Crippen LogP contribution in [0.2, 0.25) is 0 Å². The first-order chi connectivity index (χ1) is 8.69. The Morgan fingerprint density at radius 3 is 2.44 bits per heavy atom. The van der Waals surface area contributed by atoms with E-state index in [1.807, 2.05) is 30.3 Å². The second-order valence-electron chi connectivity index (χ2n) is 3.96. The number of aliphatic carboxylic acids is 1. The fourth-order valence-corrected chi connectivity index (χ4v) is 1.76. The van der Waals surface area contributed by atoms with Crippen molar-refractivity contribution in [3.05, 3.63) is 59.7 Å². The molecule has 0 aliphatic rings. The minimum atomic E-state index is -0.839. The number of hydrogen-bond donors (Lipinski definition) is 1. The Kier molecular flexibility index (Phi) is 3.40. The lowest BCUT2D eigenvalue weighted by Gasteiger charge is -2.03. The van der Waals surface area contributed by atoms with Crippen LogP contribution in [0.4, 0.5) is 0 Å². The van der Waals surface area contributed by atoms with Crippen LogP contribution >= 0.6 is 0 Å². The molecular weight excluding hydrogens is 226 g/mol. The summed E-state index contributed by atoms with van der Waals surface area (Å²) in [7, 11) is 0. The molecule has 0 atom stereocenters. The average Bonchev–Trinajstić information content (AvgIpc) is 2.39. The molecule has 18 heavy (non-hydrogen) atoms. The molecule has 0 radical (unpaired) electrons. The molecule has 3 heteroatoms. The molecule has 0 saturated carbocycles. The molecule has 88 valence electrons. The van der Waals surface area contributed by atoms with Crippen LogP contribution in [0.15, 0.2) is 48.5 Å². The van der Waals surface area contributed by atoms with Crippen molar-refractivity contribution in [1.29, 1.82) is 5.26 Å². The van der Waals surface area contributed by atoms with E-state index in [2.05, 4.69) is 6.07 Å². The lowest BCUT2D eigenvalue weighted by molar-refractivity contribution is -0.136. The first-order valence-electron chi connectivity index (χ1n) is 5.50. The van der Waals surface area contributed by atoms with E-state index in [4.69, 9.17) is 10.4 Å². The Bertz CT molecular complexity index is 609. The van der Waals surface area contributed by atoms with Gasteiger partial charge in [-0.3, -0.25) is 4.79 Å². The van der Waals surface area contributed by atoms with Crippen molar-refractivity contribution in [3.8, 4) is 17.2 Å². The van der Waals surface area contributed by atoms with E-state index in [1.54, 1.807) is 18.2 Å². The molecule has 0 saturated heterocycles. The number of nitrogens with zero attached hydrogens (tertiary/aromatic N) is 1. The minimum absolute atomic E-state index is 0.0263. The predicted molar refractivity (Wildman–Crippen MR) is 67.9 cm³/mol. The van der Waals surface area contributed by atoms with Crippen molar-refractivity contribution < 1.29 is 9.90 Å². The van der Waals surface area contributed by atoms with Gasteiger partial charge in [0.25, 0.3) is 0 Å². The topological polar surface area (TPSA) is 61.1 Å². The summed E-state index contributed by atoms with van der Waals surface area (Å²) >= 11 is 0. The maximum atomic E-state index is 10.6. The second kappa shape index (κ2) is 5.15. The van der Waals surface area contributed by atoms with Crippen LogP contribution in [0.3, 0.4) is 0 Å². The third kappa shape index (κ3) is 2.74. The molecule has 0 unspecified atom stereocenters. The minimum Gasteiger partial charge on any atom is -0.481 e. The van der Waals surface area contributed by atoms with E-state index < -0.39 is 5.97 Å². The van der Waals surface area contributed by atoms with E-state index in [1.165, 1.54) is 0 Å². The lowest BCUT2D eigenvalue weighted by atomic mass is 10.0. The summed E-state index contributed by atoms with van der Waals surface area (Å²) in [6, 6.07) is 16.7. The molecule has 2 rings (SSSR count). The summed E-state index contributed by atoms with van der Waals surface area (Å²) in [6.45, 7) is 0. The molecular formula is C15H11NO2. The van der Waals surface area contributed by atoms with Crippen molar-refractivity contribution in [2.24, 2.45) is 0 Å². The summed E-state index contributed by atoms with van der Waals surface area (Å²) in [5, 5.41) is 17.5. The Hall–Kier alpha value is -2.60. The Balaban J connectivity index is 2.29. The fraction of sp³-hybridized carbons (Fsp3) is 0.0667. The van der Waals surface area contributed by atoms with Gasteiger partial charge in [-0.2, -0.15) is 5.26 Å². The zero-order chi connectivity index (χ0) is 13.0. The number of rotatable bonds is 3. The maximum Gasteiger partial charge on any atom is 0.307 e. The van der Waals surface area contributed by atoms with Gasteiger partial charge in [-0.1, -0.05) is 36.4 Å². The second-order valence-corrected chi connectivity index (χ2v) is 3.96. The highest BCUT2D eigenvalue weighted by Crippen LogP contribution is 2.20. The zero-order valence-corrected chi connectivity index (χ0v) is 9.63. The van der Waals surface area contributed by atoms with Gasteiger partial charge >= 0.3 is 5.97 Å². The molecule has 1 N–H and O–H groups in total. The van der Waals surface area contributed by atoms with Gasteiger partial charge in [-0.25, -0.2) is 0 Å². The molecule has 0 amide bonds. The number of carboxylic acids is 1. The van der Waals surface area contributed by atoms with Crippen LogP contribution in [0, 0.1) is 11.3 Å². The van der Waals surface area contributed by atoms with Crippen molar-refractivity contribution >= 4 is 5.97 Å². The highest BCUT2D eigenvalue weighted by Gasteiger charge is 2.02. The summed E-state index contributed by atoms with van der Waals surface area (Å²) in [5.74, 6) is -0.839. The van der Waals surface area contributed by atoms with Gasteiger partial charge in [-0.05, 0) is 28.8 Å². The van der Waals surface area contributed by atoms with E-state index >= 15 is 0 Å². The third-order valence-corrected chi connectivity index (χ3v) is 2.63. The lowest BCUT2D eigenvalue weighted by Crippen LogP contribution is -1.99. The van der Waals surface area contributed by atoms with Crippen LogP contribution < -0.4 is 0 Å². The fourth-order valence-electron chi connectivity index (χ4n) is 1.76. The third-order valence-electron chi connectivity index (χ3n) is 2.63. The molecule has 2 aromatic rings. The quantitative estimate of drug-likeness (QED) is 0.892. The largest absolute Gasteiger partial charge is 0.481 e. The van der Waals surface area contributed by atoms with E-state index in [9.17, 15) is 4.79 Å². The number of carboxylic acid groups (broad SMARTS) is 1. The van der Waals surface area contributed by atoms with Crippen molar-refractivity contribution in [3.63, 3.8) is 0 Å². The average molecular weight is 237 g/mol. The molecule has 0 bridgehead atoms. The van der Waals surface area contributed by atoms with Gasteiger partial charge in [0.1, 0.15) is 0 Å². The molecule has 0 aliphatic carbocycles. The van der Waals surface area contributed by atoms with Crippen molar-refractivity contribution in [1.82, 2.24) is 0 Å². The number of carbonyl (C=O) groups is 1. The molecule has 0 aliphatic heterocycles. The van der Waals surface area contributed by atoms with Crippen molar-refractivity contribution in [2.45, 2.75) is 6.42 Å². The molecule has 3 nitrogen and oxygen atoms in total. The molecule has 0 heterocycles. The monoisotopic (exact) mass is 237 g/mol. The van der Waals surface area contributed by atoms with E-state index in [-0.39, 0.29) is 6.42 Å². The summed E-state index contributed by atoms with van der Waals surface area (Å²) < 4.78 is 0. The van der Waals surface area contributed by atoms with Crippen LogP contribution in [-0.2, 0) is 11.2 Å². The maximum absolute atomic E-state index is 10.6. The normalized spacial score (nSPS) is 9.72. The number of nitriles is 1. The number of benzene rings is 2. The van der Waals surface area contributed by atoms with Gasteiger partial charge in [0.15, 0.2) is 0 Å². The highest BCUT2D eigenvalue weighted by atomic mass is 16.4. The summed E-state index contributed by atoms with van der Waals surface area (Å²) in [4.78, 5) is 10.6. The zero-order valence-electron chi connectivity index (χ0n) is 9.63. The van der Waals surface area contributed by atoms with E-state index in [0.717, 1.165) is 16.7 Å². The van der Waals surface area contributed by atoms with Gasteiger partial charge < -0.3 is 5.11 Å². The van der Waals surface area contributed by atoms with Crippen LogP contribution in [0.5, 0.6) is 0 Å².